The zero-order chi connectivity index (χ0) is 26.2. The van der Waals surface area contributed by atoms with Gasteiger partial charge in [-0.1, -0.05) is 18.2 Å². The second kappa shape index (κ2) is 9.68. The van der Waals surface area contributed by atoms with E-state index in [0.29, 0.717) is 31.7 Å². The van der Waals surface area contributed by atoms with Gasteiger partial charge in [0.25, 0.3) is 0 Å². The van der Waals surface area contributed by atoms with Crippen LogP contribution in [0.15, 0.2) is 61.2 Å². The minimum atomic E-state index is -4.76. The van der Waals surface area contributed by atoms with Gasteiger partial charge in [-0.15, -0.1) is 13.2 Å². The Hall–Kier alpha value is -4.22. The van der Waals surface area contributed by atoms with Crippen LogP contribution in [0.3, 0.4) is 0 Å². The van der Waals surface area contributed by atoms with Crippen LogP contribution < -0.4 is 9.64 Å². The van der Waals surface area contributed by atoms with E-state index in [4.69, 9.17) is 4.74 Å². The fourth-order valence-corrected chi connectivity index (χ4v) is 4.32. The first-order chi connectivity index (χ1) is 17.7. The monoisotopic (exact) mass is 514 g/mol. The molecule has 0 saturated carbocycles. The van der Waals surface area contributed by atoms with Crippen molar-refractivity contribution in [2.24, 2.45) is 7.05 Å². The first-order valence-electron chi connectivity index (χ1n) is 11.7. The minimum absolute atomic E-state index is 0.327. The van der Waals surface area contributed by atoms with Crippen molar-refractivity contribution in [2.75, 3.05) is 31.1 Å². The number of carbonyl (C=O) groups is 1. The third-order valence-electron chi connectivity index (χ3n) is 6.27. The molecule has 9 nitrogen and oxygen atoms in total. The number of hydrogen-bond donors (Lipinski definition) is 0. The number of pyridine rings is 1. The number of anilines is 1. The van der Waals surface area contributed by atoms with Gasteiger partial charge in [-0.25, -0.2) is 9.31 Å². The van der Waals surface area contributed by atoms with E-state index in [-0.39, 0.29) is 5.75 Å². The maximum atomic E-state index is 12.7. The predicted molar refractivity (Wildman–Crippen MR) is 129 cm³/mol. The lowest BCUT2D eigenvalue weighted by atomic mass is 10.1. The van der Waals surface area contributed by atoms with Gasteiger partial charge < -0.3 is 19.3 Å². The summed E-state index contributed by atoms with van der Waals surface area (Å²) >= 11 is 0. The number of amides is 1. The number of carbonyl (C=O) groups excluding carboxylic acids is 1. The third-order valence-corrected chi connectivity index (χ3v) is 6.27. The number of rotatable bonds is 5. The van der Waals surface area contributed by atoms with Gasteiger partial charge in [-0.3, -0.25) is 4.68 Å². The van der Waals surface area contributed by atoms with Crippen LogP contribution in [0.2, 0.25) is 0 Å². The Labute approximate surface area is 210 Å². The van der Waals surface area contributed by atoms with Crippen LogP contribution in [0.1, 0.15) is 18.6 Å². The zero-order valence-electron chi connectivity index (χ0n) is 20.2. The first-order valence-corrected chi connectivity index (χ1v) is 11.7. The Morgan fingerprint density at radius 1 is 0.946 bits per heavy atom. The summed E-state index contributed by atoms with van der Waals surface area (Å²) in [5.41, 5.74) is 4.54. The average molecular weight is 515 g/mol. The number of halogens is 3. The summed E-state index contributed by atoms with van der Waals surface area (Å²) in [7, 11) is 1.87. The Kier molecular flexibility index (Phi) is 6.40. The maximum absolute atomic E-state index is 12.7. The molecular weight excluding hydrogens is 489 g/mol. The van der Waals surface area contributed by atoms with Crippen LogP contribution in [0.4, 0.5) is 23.7 Å². The summed E-state index contributed by atoms with van der Waals surface area (Å²) in [5, 5.41) is 8.73. The lowest BCUT2D eigenvalue weighted by Crippen LogP contribution is -2.49. The molecule has 1 aliphatic rings. The number of nitrogens with zero attached hydrogens (tertiary/aromatic N) is 6. The Morgan fingerprint density at radius 2 is 1.68 bits per heavy atom. The molecule has 0 bridgehead atoms. The van der Waals surface area contributed by atoms with Crippen molar-refractivity contribution in [3.63, 3.8) is 0 Å². The molecule has 1 atom stereocenters. The van der Waals surface area contributed by atoms with Crippen LogP contribution in [-0.4, -0.2) is 62.9 Å². The smallest absolute Gasteiger partial charge is 0.442 e. The summed E-state index contributed by atoms with van der Waals surface area (Å²) in [6, 6.07) is 9.35. The predicted octanol–water partition coefficient (Wildman–Crippen LogP) is 4.65. The van der Waals surface area contributed by atoms with Crippen LogP contribution in [-0.2, 0) is 11.8 Å². The number of aromatic nitrogens is 4. The fourth-order valence-electron chi connectivity index (χ4n) is 4.32. The molecule has 0 spiro atoms. The number of alkyl halides is 3. The number of benzene rings is 1. The van der Waals surface area contributed by atoms with Crippen molar-refractivity contribution in [3.8, 4) is 16.9 Å². The standard InChI is InChI=1S/C25H25F3N6O3/c1-17(18-3-6-21(7-4-18)37-25(26,27)28)36-24(35)33-11-9-32(10-12-33)23-14-30-34-16-19(5-8-22(23)34)20-13-29-31(2)15-20/h3-8,13-17H,9-12H2,1-2H3/t17-/m1/s1. The van der Waals surface area contributed by atoms with Crippen LogP contribution in [0.25, 0.3) is 16.6 Å². The van der Waals surface area contributed by atoms with E-state index in [1.165, 1.54) is 24.3 Å². The van der Waals surface area contributed by atoms with Gasteiger partial charge in [-0.05, 0) is 30.7 Å². The van der Waals surface area contributed by atoms with E-state index >= 15 is 0 Å². The summed E-state index contributed by atoms with van der Waals surface area (Å²) in [6.45, 7) is 3.83. The number of piperazine rings is 1. The van der Waals surface area contributed by atoms with Crippen LogP contribution >= 0.6 is 0 Å². The maximum Gasteiger partial charge on any atom is 0.573 e. The molecule has 12 heteroatoms. The van der Waals surface area contributed by atoms with Gasteiger partial charge in [0, 0.05) is 56.7 Å². The summed E-state index contributed by atoms with van der Waals surface area (Å²) in [5.74, 6) is -0.327. The quantitative estimate of drug-likeness (QED) is 0.386. The topological polar surface area (TPSA) is 77.1 Å². The lowest BCUT2D eigenvalue weighted by molar-refractivity contribution is -0.274. The largest absolute Gasteiger partial charge is 0.573 e. The molecule has 37 heavy (non-hydrogen) atoms. The molecule has 0 aliphatic carbocycles. The Bertz CT molecular complexity index is 1390. The molecular formula is C25H25F3N6O3. The number of aryl methyl sites for hydroxylation is 1. The van der Waals surface area contributed by atoms with Gasteiger partial charge in [0.15, 0.2) is 0 Å². The second-order valence-corrected chi connectivity index (χ2v) is 8.80. The van der Waals surface area contributed by atoms with E-state index in [0.717, 1.165) is 22.3 Å². The molecule has 1 aromatic carbocycles. The van der Waals surface area contributed by atoms with Crippen molar-refractivity contribution in [2.45, 2.75) is 19.4 Å². The molecule has 0 N–H and O–H groups in total. The zero-order valence-corrected chi connectivity index (χ0v) is 20.2. The molecule has 1 aliphatic heterocycles. The highest BCUT2D eigenvalue weighted by Gasteiger charge is 2.31. The Morgan fingerprint density at radius 3 is 2.32 bits per heavy atom. The average Bonchev–Trinajstić information content (AvgIpc) is 3.49. The first kappa shape index (κ1) is 24.5. The highest BCUT2D eigenvalue weighted by Crippen LogP contribution is 2.28. The van der Waals surface area contributed by atoms with E-state index in [9.17, 15) is 18.0 Å². The number of fused-ring (bicyclic) bond motifs is 1. The Balaban J connectivity index is 1.17. The summed E-state index contributed by atoms with van der Waals surface area (Å²) in [4.78, 5) is 16.5. The van der Waals surface area contributed by atoms with Gasteiger partial charge in [0.2, 0.25) is 0 Å². The second-order valence-electron chi connectivity index (χ2n) is 8.80. The van der Waals surface area contributed by atoms with Gasteiger partial charge >= 0.3 is 12.5 Å². The minimum Gasteiger partial charge on any atom is -0.442 e. The molecule has 1 amide bonds. The molecule has 4 heterocycles. The lowest BCUT2D eigenvalue weighted by Gasteiger charge is -2.35. The summed E-state index contributed by atoms with van der Waals surface area (Å²) in [6.07, 6.45) is 1.69. The molecule has 4 aromatic rings. The van der Waals surface area contributed by atoms with Crippen molar-refractivity contribution in [1.29, 1.82) is 0 Å². The number of hydrogen-bond acceptors (Lipinski definition) is 6. The van der Waals surface area contributed by atoms with Crippen LogP contribution in [0, 0.1) is 0 Å². The van der Waals surface area contributed by atoms with Crippen molar-refractivity contribution in [3.05, 3.63) is 66.7 Å². The van der Waals surface area contributed by atoms with Gasteiger partial charge in [0.05, 0.1) is 23.6 Å². The van der Waals surface area contributed by atoms with Crippen molar-refractivity contribution in [1.82, 2.24) is 24.3 Å². The van der Waals surface area contributed by atoms with E-state index in [2.05, 4.69) is 19.8 Å². The van der Waals surface area contributed by atoms with E-state index < -0.39 is 18.6 Å². The van der Waals surface area contributed by atoms with Crippen LogP contribution in [0.5, 0.6) is 5.75 Å². The molecule has 1 saturated heterocycles. The van der Waals surface area contributed by atoms with Crippen molar-refractivity contribution >= 4 is 17.3 Å². The molecule has 0 unspecified atom stereocenters. The SMILES string of the molecule is C[C@@H](OC(=O)N1CCN(c2cnn3cc(-c4cnn(C)c4)ccc23)CC1)c1ccc(OC(F)(F)F)cc1. The molecule has 3 aromatic heterocycles. The number of ether oxygens (including phenoxy) is 2. The molecule has 5 rings (SSSR count). The van der Waals surface area contributed by atoms with Gasteiger partial charge in [0.1, 0.15) is 11.9 Å². The van der Waals surface area contributed by atoms with E-state index in [1.807, 2.05) is 48.5 Å². The highest BCUT2D eigenvalue weighted by molar-refractivity contribution is 5.76. The third kappa shape index (κ3) is 5.47. The van der Waals surface area contributed by atoms with Gasteiger partial charge in [-0.2, -0.15) is 10.2 Å². The molecule has 1 fully saturated rings. The normalized spacial score (nSPS) is 15.2. The summed E-state index contributed by atoms with van der Waals surface area (Å²) < 4.78 is 50.1. The molecule has 194 valence electrons. The molecule has 0 radical (unpaired) electrons. The highest BCUT2D eigenvalue weighted by atomic mass is 19.4. The van der Waals surface area contributed by atoms with Crippen molar-refractivity contribution < 1.29 is 27.4 Å². The fraction of sp³-hybridized carbons (Fsp3) is 0.320. The van der Waals surface area contributed by atoms with E-state index in [1.54, 1.807) is 16.5 Å².